The average molecular weight is 294 g/mol. The number of likely N-dealkylation sites (N-methyl/N-ethyl adjacent to an activating group) is 2. The van der Waals surface area contributed by atoms with Gasteiger partial charge >= 0.3 is 5.69 Å². The molecule has 0 bridgehead atoms. The van der Waals surface area contributed by atoms with Gasteiger partial charge in [-0.2, -0.15) is 0 Å². The molecule has 8 nitrogen and oxygen atoms in total. The molecule has 1 aromatic heterocycles. The lowest BCUT2D eigenvalue weighted by atomic mass is 10.1. The maximum absolute atomic E-state index is 11.4. The van der Waals surface area contributed by atoms with E-state index in [9.17, 15) is 10.1 Å². The minimum atomic E-state index is -0.406. The van der Waals surface area contributed by atoms with Gasteiger partial charge in [-0.15, -0.1) is 0 Å². The summed E-state index contributed by atoms with van der Waals surface area (Å²) in [5.41, 5.74) is -0.0462. The quantitative estimate of drug-likeness (QED) is 0.647. The van der Waals surface area contributed by atoms with Crippen LogP contribution in [0.2, 0.25) is 0 Å². The third-order valence-corrected chi connectivity index (χ3v) is 3.81. The fourth-order valence-corrected chi connectivity index (χ4v) is 2.72. The molecule has 1 aliphatic rings. The highest BCUT2D eigenvalue weighted by Gasteiger charge is 2.30. The van der Waals surface area contributed by atoms with E-state index in [1.165, 1.54) is 6.33 Å². The zero-order valence-electron chi connectivity index (χ0n) is 12.7. The van der Waals surface area contributed by atoms with Gasteiger partial charge in [0.25, 0.3) is 0 Å². The molecule has 8 heteroatoms. The van der Waals surface area contributed by atoms with Crippen molar-refractivity contribution in [3.63, 3.8) is 0 Å². The third-order valence-electron chi connectivity index (χ3n) is 3.81. The second kappa shape index (κ2) is 6.66. The number of nitrogens with zero attached hydrogens (tertiary/aromatic N) is 5. The highest BCUT2D eigenvalue weighted by molar-refractivity contribution is 5.70. The first kappa shape index (κ1) is 15.4. The summed E-state index contributed by atoms with van der Waals surface area (Å²) in [4.78, 5) is 23.3. The lowest BCUT2D eigenvalue weighted by molar-refractivity contribution is -0.383. The van der Waals surface area contributed by atoms with Crippen molar-refractivity contribution in [2.75, 3.05) is 43.9 Å². The van der Waals surface area contributed by atoms with Crippen molar-refractivity contribution < 1.29 is 4.92 Å². The Kier molecular flexibility index (Phi) is 4.89. The molecule has 2 rings (SSSR count). The van der Waals surface area contributed by atoms with Crippen LogP contribution in [0, 0.1) is 10.1 Å². The fourth-order valence-electron chi connectivity index (χ4n) is 2.72. The Bertz CT molecular complexity index is 509. The summed E-state index contributed by atoms with van der Waals surface area (Å²) >= 11 is 0. The first-order valence-corrected chi connectivity index (χ1v) is 7.19. The molecule has 1 aliphatic heterocycles. The van der Waals surface area contributed by atoms with Crippen LogP contribution in [-0.2, 0) is 0 Å². The SMILES string of the molecule is CCNc1ncnc(N(C)C2CCCN(C)C2)c1[N+](=O)[O-]. The molecule has 0 aliphatic carbocycles. The highest BCUT2D eigenvalue weighted by atomic mass is 16.6. The summed E-state index contributed by atoms with van der Waals surface area (Å²) in [5, 5.41) is 14.4. The van der Waals surface area contributed by atoms with Gasteiger partial charge in [-0.05, 0) is 33.4 Å². The van der Waals surface area contributed by atoms with Crippen molar-refractivity contribution in [3.05, 3.63) is 16.4 Å². The van der Waals surface area contributed by atoms with Gasteiger partial charge in [-0.1, -0.05) is 0 Å². The second-order valence-electron chi connectivity index (χ2n) is 5.35. The maximum Gasteiger partial charge on any atom is 0.353 e. The molecular formula is C13H22N6O2. The lowest BCUT2D eigenvalue weighted by Crippen LogP contribution is -2.45. The normalized spacial score (nSPS) is 19.3. The predicted octanol–water partition coefficient (Wildman–Crippen LogP) is 1.35. The van der Waals surface area contributed by atoms with Crippen molar-refractivity contribution in [1.82, 2.24) is 14.9 Å². The van der Waals surface area contributed by atoms with Crippen LogP contribution in [-0.4, -0.2) is 59.6 Å². The minimum absolute atomic E-state index is 0.0462. The Balaban J connectivity index is 2.33. The summed E-state index contributed by atoms with van der Waals surface area (Å²) in [6.07, 6.45) is 3.48. The van der Waals surface area contributed by atoms with E-state index in [-0.39, 0.29) is 17.5 Å². The first-order valence-electron chi connectivity index (χ1n) is 7.19. The van der Waals surface area contributed by atoms with Crippen LogP contribution in [0.25, 0.3) is 0 Å². The Morgan fingerprint density at radius 3 is 2.95 bits per heavy atom. The number of rotatable bonds is 5. The zero-order valence-corrected chi connectivity index (χ0v) is 12.7. The molecule has 1 atom stereocenters. The van der Waals surface area contributed by atoms with Crippen LogP contribution in [0.4, 0.5) is 17.3 Å². The third kappa shape index (κ3) is 3.38. The second-order valence-corrected chi connectivity index (χ2v) is 5.35. The Morgan fingerprint density at radius 1 is 1.57 bits per heavy atom. The lowest BCUT2D eigenvalue weighted by Gasteiger charge is -2.36. The van der Waals surface area contributed by atoms with Gasteiger partial charge in [-0.3, -0.25) is 10.1 Å². The van der Waals surface area contributed by atoms with Crippen molar-refractivity contribution in [2.45, 2.75) is 25.8 Å². The number of likely N-dealkylation sites (tertiary alicyclic amines) is 1. The van der Waals surface area contributed by atoms with E-state index in [0.717, 1.165) is 25.9 Å². The van der Waals surface area contributed by atoms with Gasteiger partial charge in [0.05, 0.1) is 4.92 Å². The molecule has 2 heterocycles. The number of piperidine rings is 1. The predicted molar refractivity (Wildman–Crippen MR) is 81.8 cm³/mol. The molecule has 1 fully saturated rings. The van der Waals surface area contributed by atoms with E-state index in [1.807, 2.05) is 18.9 Å². The zero-order chi connectivity index (χ0) is 15.4. The molecule has 116 valence electrons. The van der Waals surface area contributed by atoms with E-state index in [0.29, 0.717) is 12.4 Å². The molecule has 0 aromatic carbocycles. The number of hydrogen-bond donors (Lipinski definition) is 1. The van der Waals surface area contributed by atoms with Crippen LogP contribution >= 0.6 is 0 Å². The molecule has 1 N–H and O–H groups in total. The van der Waals surface area contributed by atoms with Gasteiger partial charge < -0.3 is 15.1 Å². The molecule has 1 unspecified atom stereocenters. The van der Waals surface area contributed by atoms with Gasteiger partial charge in [0.2, 0.25) is 11.6 Å². The summed E-state index contributed by atoms with van der Waals surface area (Å²) in [6, 6.07) is 0.229. The summed E-state index contributed by atoms with van der Waals surface area (Å²) in [5.74, 6) is 0.662. The summed E-state index contributed by atoms with van der Waals surface area (Å²) in [7, 11) is 3.94. The molecule has 1 saturated heterocycles. The number of nitrogens with one attached hydrogen (secondary N) is 1. The molecule has 1 aromatic rings. The van der Waals surface area contributed by atoms with Crippen molar-refractivity contribution in [2.24, 2.45) is 0 Å². The van der Waals surface area contributed by atoms with Crippen molar-refractivity contribution in [3.8, 4) is 0 Å². The van der Waals surface area contributed by atoms with Gasteiger partial charge in [0, 0.05) is 26.2 Å². The molecule has 21 heavy (non-hydrogen) atoms. The van der Waals surface area contributed by atoms with E-state index < -0.39 is 4.92 Å². The topological polar surface area (TPSA) is 87.4 Å². The fraction of sp³-hybridized carbons (Fsp3) is 0.692. The molecule has 0 spiro atoms. The van der Waals surface area contributed by atoms with Gasteiger partial charge in [0.1, 0.15) is 6.33 Å². The van der Waals surface area contributed by atoms with E-state index in [1.54, 1.807) is 0 Å². The standard InChI is InChI=1S/C13H22N6O2/c1-4-14-12-11(19(20)21)13(16-9-15-12)18(3)10-6-5-7-17(2)8-10/h9-10H,4-8H2,1-3H3,(H,14,15,16). The number of hydrogen-bond acceptors (Lipinski definition) is 7. The summed E-state index contributed by atoms with van der Waals surface area (Å²) in [6.45, 7) is 4.41. The number of anilines is 2. The van der Waals surface area contributed by atoms with Crippen LogP contribution in [0.15, 0.2) is 6.33 Å². The first-order chi connectivity index (χ1) is 10.0. The average Bonchev–Trinajstić information content (AvgIpc) is 2.46. The van der Waals surface area contributed by atoms with Crippen LogP contribution in [0.5, 0.6) is 0 Å². The van der Waals surface area contributed by atoms with Crippen molar-refractivity contribution in [1.29, 1.82) is 0 Å². The Morgan fingerprint density at radius 2 is 2.33 bits per heavy atom. The van der Waals surface area contributed by atoms with E-state index in [4.69, 9.17) is 0 Å². The van der Waals surface area contributed by atoms with Crippen LogP contribution in [0.3, 0.4) is 0 Å². The molecular weight excluding hydrogens is 272 g/mol. The number of aromatic nitrogens is 2. The summed E-state index contributed by atoms with van der Waals surface area (Å²) < 4.78 is 0. The smallest absolute Gasteiger partial charge is 0.353 e. The van der Waals surface area contributed by atoms with Gasteiger partial charge in [0.15, 0.2) is 0 Å². The molecule has 0 amide bonds. The monoisotopic (exact) mass is 294 g/mol. The minimum Gasteiger partial charge on any atom is -0.364 e. The largest absolute Gasteiger partial charge is 0.364 e. The van der Waals surface area contributed by atoms with Crippen LogP contribution < -0.4 is 10.2 Å². The number of nitro groups is 1. The Labute approximate surface area is 124 Å². The highest BCUT2D eigenvalue weighted by Crippen LogP contribution is 2.33. The van der Waals surface area contributed by atoms with Crippen LogP contribution in [0.1, 0.15) is 19.8 Å². The molecule has 0 radical (unpaired) electrons. The van der Waals surface area contributed by atoms with Crippen molar-refractivity contribution >= 4 is 17.3 Å². The van der Waals surface area contributed by atoms with E-state index in [2.05, 4.69) is 27.2 Å². The van der Waals surface area contributed by atoms with Gasteiger partial charge in [-0.25, -0.2) is 9.97 Å². The molecule has 0 saturated carbocycles. The maximum atomic E-state index is 11.4. The van der Waals surface area contributed by atoms with E-state index >= 15 is 0 Å². The Hall–Kier alpha value is -1.96.